The summed E-state index contributed by atoms with van der Waals surface area (Å²) in [5, 5.41) is 5.53. The Morgan fingerprint density at radius 2 is 2.05 bits per heavy atom. The van der Waals surface area contributed by atoms with Gasteiger partial charge in [0.25, 0.3) is 0 Å². The summed E-state index contributed by atoms with van der Waals surface area (Å²) in [7, 11) is 1.66. The maximum absolute atomic E-state index is 5.80. The lowest BCUT2D eigenvalue weighted by Crippen LogP contribution is -2.02. The van der Waals surface area contributed by atoms with Crippen molar-refractivity contribution in [2.75, 3.05) is 18.2 Å². The van der Waals surface area contributed by atoms with Crippen LogP contribution < -0.4 is 15.8 Å². The van der Waals surface area contributed by atoms with Crippen molar-refractivity contribution in [1.29, 1.82) is 0 Å². The average molecular weight is 279 g/mol. The lowest BCUT2D eigenvalue weighted by atomic mass is 10.1. The molecule has 0 atom stereocenters. The van der Waals surface area contributed by atoms with Gasteiger partial charge in [0.2, 0.25) is 0 Å². The van der Waals surface area contributed by atoms with Crippen LogP contribution in [0.5, 0.6) is 5.75 Å². The zero-order valence-electron chi connectivity index (χ0n) is 11.8. The van der Waals surface area contributed by atoms with Crippen molar-refractivity contribution in [3.05, 3.63) is 60.3 Å². The van der Waals surface area contributed by atoms with E-state index >= 15 is 0 Å². The second-order valence-electron chi connectivity index (χ2n) is 4.85. The molecule has 21 heavy (non-hydrogen) atoms. The molecule has 4 heteroatoms. The van der Waals surface area contributed by atoms with E-state index in [0.29, 0.717) is 6.54 Å². The van der Waals surface area contributed by atoms with Gasteiger partial charge < -0.3 is 15.8 Å². The van der Waals surface area contributed by atoms with Gasteiger partial charge in [0.1, 0.15) is 11.6 Å². The molecule has 106 valence electrons. The maximum atomic E-state index is 5.80. The number of hydrogen-bond acceptors (Lipinski definition) is 4. The van der Waals surface area contributed by atoms with Crippen LogP contribution in [0.1, 0.15) is 5.56 Å². The molecule has 3 N–H and O–H groups in total. The maximum Gasteiger partial charge on any atom is 0.134 e. The summed E-state index contributed by atoms with van der Waals surface area (Å²) in [4.78, 5) is 4.42. The number of aromatic nitrogens is 1. The van der Waals surface area contributed by atoms with Crippen molar-refractivity contribution < 1.29 is 4.74 Å². The second kappa shape index (κ2) is 5.71. The predicted octanol–water partition coefficient (Wildman–Crippen LogP) is 3.44. The molecule has 4 nitrogen and oxygen atoms in total. The molecule has 3 aromatic rings. The van der Waals surface area contributed by atoms with Crippen LogP contribution in [0.2, 0.25) is 0 Å². The van der Waals surface area contributed by atoms with E-state index < -0.39 is 0 Å². The van der Waals surface area contributed by atoms with Crippen LogP contribution in [-0.2, 0) is 6.54 Å². The van der Waals surface area contributed by atoms with Crippen molar-refractivity contribution >= 4 is 22.3 Å². The molecule has 0 aliphatic rings. The van der Waals surface area contributed by atoms with Gasteiger partial charge in [-0.25, -0.2) is 4.98 Å². The SMILES string of the molecule is COc1ccc2ccnc(NCc3cccc(N)c3)c2c1. The Kier molecular flexibility index (Phi) is 3.60. The van der Waals surface area contributed by atoms with Gasteiger partial charge in [-0.15, -0.1) is 0 Å². The van der Waals surface area contributed by atoms with Gasteiger partial charge >= 0.3 is 0 Å². The highest BCUT2D eigenvalue weighted by atomic mass is 16.5. The van der Waals surface area contributed by atoms with Gasteiger partial charge in [-0.2, -0.15) is 0 Å². The highest BCUT2D eigenvalue weighted by Crippen LogP contribution is 2.26. The number of rotatable bonds is 4. The third kappa shape index (κ3) is 2.89. The van der Waals surface area contributed by atoms with E-state index in [1.165, 1.54) is 0 Å². The van der Waals surface area contributed by atoms with Gasteiger partial charge in [0.05, 0.1) is 7.11 Å². The number of hydrogen-bond donors (Lipinski definition) is 2. The number of fused-ring (bicyclic) bond motifs is 1. The van der Waals surface area contributed by atoms with E-state index in [2.05, 4.69) is 10.3 Å². The Hall–Kier alpha value is -2.75. The Balaban J connectivity index is 1.89. The molecular weight excluding hydrogens is 262 g/mol. The van der Waals surface area contributed by atoms with Crippen LogP contribution in [-0.4, -0.2) is 12.1 Å². The fraction of sp³-hybridized carbons (Fsp3) is 0.118. The molecule has 1 aromatic heterocycles. The van der Waals surface area contributed by atoms with Gasteiger partial charge in [0.15, 0.2) is 0 Å². The highest BCUT2D eigenvalue weighted by molar-refractivity contribution is 5.92. The molecule has 3 rings (SSSR count). The number of pyridine rings is 1. The lowest BCUT2D eigenvalue weighted by molar-refractivity contribution is 0.415. The Morgan fingerprint density at radius 3 is 2.86 bits per heavy atom. The van der Waals surface area contributed by atoms with E-state index in [0.717, 1.165) is 33.6 Å². The Morgan fingerprint density at radius 1 is 1.14 bits per heavy atom. The zero-order chi connectivity index (χ0) is 14.7. The smallest absolute Gasteiger partial charge is 0.134 e. The van der Waals surface area contributed by atoms with Crippen molar-refractivity contribution in [2.24, 2.45) is 0 Å². The summed E-state index contributed by atoms with van der Waals surface area (Å²) >= 11 is 0. The minimum absolute atomic E-state index is 0.675. The Labute approximate surface area is 123 Å². The van der Waals surface area contributed by atoms with E-state index in [9.17, 15) is 0 Å². The first kappa shape index (κ1) is 13.2. The van der Waals surface area contributed by atoms with Crippen LogP contribution in [0.4, 0.5) is 11.5 Å². The largest absolute Gasteiger partial charge is 0.497 e. The molecule has 1 heterocycles. The molecule has 0 spiro atoms. The topological polar surface area (TPSA) is 60.2 Å². The molecule has 2 aromatic carbocycles. The number of nitrogens with zero attached hydrogens (tertiary/aromatic N) is 1. The summed E-state index contributed by atoms with van der Waals surface area (Å²) in [6, 6.07) is 15.8. The van der Waals surface area contributed by atoms with Crippen molar-refractivity contribution in [3.63, 3.8) is 0 Å². The fourth-order valence-electron chi connectivity index (χ4n) is 2.30. The molecule has 0 amide bonds. The minimum atomic E-state index is 0.675. The zero-order valence-corrected chi connectivity index (χ0v) is 11.8. The van der Waals surface area contributed by atoms with Crippen LogP contribution >= 0.6 is 0 Å². The summed E-state index contributed by atoms with van der Waals surface area (Å²) in [6.07, 6.45) is 1.80. The lowest BCUT2D eigenvalue weighted by Gasteiger charge is -2.10. The van der Waals surface area contributed by atoms with Gasteiger partial charge in [-0.05, 0) is 41.3 Å². The molecule has 0 radical (unpaired) electrons. The third-order valence-corrected chi connectivity index (χ3v) is 3.38. The molecule has 0 aliphatic carbocycles. The summed E-state index contributed by atoms with van der Waals surface area (Å²) in [6.45, 7) is 0.675. The number of nitrogens with two attached hydrogens (primary N) is 1. The minimum Gasteiger partial charge on any atom is -0.497 e. The van der Waals surface area contributed by atoms with Crippen molar-refractivity contribution in [2.45, 2.75) is 6.54 Å². The average Bonchev–Trinajstić information content (AvgIpc) is 2.52. The van der Waals surface area contributed by atoms with Crippen LogP contribution in [0.25, 0.3) is 10.8 Å². The number of anilines is 2. The van der Waals surface area contributed by atoms with Crippen LogP contribution in [0, 0.1) is 0 Å². The van der Waals surface area contributed by atoms with Crippen LogP contribution in [0.3, 0.4) is 0 Å². The first-order valence-electron chi connectivity index (χ1n) is 6.77. The number of nitrogen functional groups attached to an aromatic ring is 1. The predicted molar refractivity (Wildman–Crippen MR) is 86.5 cm³/mol. The first-order valence-corrected chi connectivity index (χ1v) is 6.77. The third-order valence-electron chi connectivity index (χ3n) is 3.38. The quantitative estimate of drug-likeness (QED) is 0.718. The second-order valence-corrected chi connectivity index (χ2v) is 4.85. The molecule has 0 aliphatic heterocycles. The number of nitrogens with one attached hydrogen (secondary N) is 1. The van der Waals surface area contributed by atoms with E-state index in [1.807, 2.05) is 48.5 Å². The Bertz CT molecular complexity index is 771. The van der Waals surface area contributed by atoms with Crippen molar-refractivity contribution in [3.8, 4) is 5.75 Å². The van der Waals surface area contributed by atoms with Crippen molar-refractivity contribution in [1.82, 2.24) is 4.98 Å². The van der Waals surface area contributed by atoms with Crippen LogP contribution in [0.15, 0.2) is 54.7 Å². The van der Waals surface area contributed by atoms with E-state index in [-0.39, 0.29) is 0 Å². The first-order chi connectivity index (χ1) is 10.3. The monoisotopic (exact) mass is 279 g/mol. The summed E-state index contributed by atoms with van der Waals surface area (Å²) in [5.41, 5.74) is 7.68. The normalized spacial score (nSPS) is 10.5. The summed E-state index contributed by atoms with van der Waals surface area (Å²) in [5.74, 6) is 1.66. The number of benzene rings is 2. The van der Waals surface area contributed by atoms with Gasteiger partial charge in [-0.3, -0.25) is 0 Å². The number of ether oxygens (including phenoxy) is 1. The highest BCUT2D eigenvalue weighted by Gasteiger charge is 2.04. The van der Waals surface area contributed by atoms with E-state index in [1.54, 1.807) is 13.3 Å². The molecule has 0 unspecified atom stereocenters. The fourth-order valence-corrected chi connectivity index (χ4v) is 2.30. The summed E-state index contributed by atoms with van der Waals surface area (Å²) < 4.78 is 5.28. The molecule has 0 saturated carbocycles. The molecule has 0 fully saturated rings. The van der Waals surface area contributed by atoms with E-state index in [4.69, 9.17) is 10.5 Å². The molecule has 0 bridgehead atoms. The van der Waals surface area contributed by atoms with Gasteiger partial charge in [0, 0.05) is 23.8 Å². The standard InChI is InChI=1S/C17H17N3O/c1-21-15-6-5-13-7-8-19-17(16(13)10-15)20-11-12-3-2-4-14(18)9-12/h2-10H,11,18H2,1H3,(H,19,20). The molecule has 0 saturated heterocycles. The number of methoxy groups -OCH3 is 1. The molecular formula is C17H17N3O. The van der Waals surface area contributed by atoms with Gasteiger partial charge in [-0.1, -0.05) is 18.2 Å².